The molecule has 2 aromatic rings. The van der Waals surface area contributed by atoms with Crippen molar-refractivity contribution in [3.8, 4) is 0 Å². The molecule has 1 aliphatic carbocycles. The molecule has 0 radical (unpaired) electrons. The molecule has 136 valence electrons. The van der Waals surface area contributed by atoms with Crippen molar-refractivity contribution in [1.29, 1.82) is 0 Å². The molecule has 0 saturated heterocycles. The van der Waals surface area contributed by atoms with Gasteiger partial charge in [-0.05, 0) is 30.0 Å². The maximum atomic E-state index is 12.4. The largest absolute Gasteiger partial charge is 0.480 e. The number of rotatable bonds is 7. The Morgan fingerprint density at radius 3 is 2.62 bits per heavy atom. The number of hydrogen-bond acceptors (Lipinski definition) is 3. The second-order valence-electron chi connectivity index (χ2n) is 6.52. The van der Waals surface area contributed by atoms with E-state index in [4.69, 9.17) is 11.6 Å². The molecule has 6 nitrogen and oxygen atoms in total. The minimum Gasteiger partial charge on any atom is -0.480 e. The molecule has 26 heavy (non-hydrogen) atoms. The van der Waals surface area contributed by atoms with Crippen molar-refractivity contribution in [3.63, 3.8) is 0 Å². The van der Waals surface area contributed by atoms with Crippen LogP contribution < -0.4 is 10.9 Å². The van der Waals surface area contributed by atoms with Crippen LogP contribution in [0.4, 0.5) is 0 Å². The molecule has 1 amide bonds. The topological polar surface area (TPSA) is 88.4 Å². The normalized spacial score (nSPS) is 14.7. The summed E-state index contributed by atoms with van der Waals surface area (Å²) >= 11 is 6.13. The molecule has 7 heteroatoms. The van der Waals surface area contributed by atoms with E-state index in [1.54, 1.807) is 18.2 Å². The summed E-state index contributed by atoms with van der Waals surface area (Å²) in [4.78, 5) is 35.9. The second-order valence-corrected chi connectivity index (χ2v) is 6.93. The van der Waals surface area contributed by atoms with E-state index in [1.165, 1.54) is 22.9 Å². The number of aromatic nitrogens is 1. The highest BCUT2D eigenvalue weighted by atomic mass is 35.5. The number of carboxylic acid groups (broad SMARTS) is 1. The first kappa shape index (κ1) is 18.2. The SMILES string of the molecule is O=C(NC(CC1CC1)C(=O)O)c1ccc(=O)n(Cc2ccccc2Cl)c1. The van der Waals surface area contributed by atoms with Crippen LogP contribution in [0.3, 0.4) is 0 Å². The summed E-state index contributed by atoms with van der Waals surface area (Å²) in [5.74, 6) is -1.19. The van der Waals surface area contributed by atoms with Crippen molar-refractivity contribution >= 4 is 23.5 Å². The summed E-state index contributed by atoms with van der Waals surface area (Å²) in [6, 6.07) is 8.92. The number of nitrogens with zero attached hydrogens (tertiary/aromatic N) is 1. The molecule has 1 unspecified atom stereocenters. The van der Waals surface area contributed by atoms with Crippen LogP contribution in [0.15, 0.2) is 47.4 Å². The Bertz CT molecular complexity index is 889. The molecule has 1 aromatic heterocycles. The number of carbonyl (C=O) groups excluding carboxylic acids is 1. The van der Waals surface area contributed by atoms with Crippen LogP contribution in [0.1, 0.15) is 35.2 Å². The van der Waals surface area contributed by atoms with Gasteiger partial charge in [-0.1, -0.05) is 42.6 Å². The third-order valence-electron chi connectivity index (χ3n) is 4.41. The van der Waals surface area contributed by atoms with Gasteiger partial charge in [-0.2, -0.15) is 0 Å². The fourth-order valence-corrected chi connectivity index (χ4v) is 2.94. The molecule has 1 saturated carbocycles. The zero-order chi connectivity index (χ0) is 18.7. The summed E-state index contributed by atoms with van der Waals surface area (Å²) in [5, 5.41) is 12.4. The van der Waals surface area contributed by atoms with E-state index >= 15 is 0 Å². The van der Waals surface area contributed by atoms with E-state index in [-0.39, 0.29) is 17.7 Å². The zero-order valence-electron chi connectivity index (χ0n) is 14.0. The number of amides is 1. The third kappa shape index (κ3) is 4.52. The number of pyridine rings is 1. The summed E-state index contributed by atoms with van der Waals surface area (Å²) in [6.45, 7) is 0.226. The van der Waals surface area contributed by atoms with Crippen molar-refractivity contribution in [2.24, 2.45) is 5.92 Å². The van der Waals surface area contributed by atoms with E-state index in [0.717, 1.165) is 18.4 Å². The van der Waals surface area contributed by atoms with Gasteiger partial charge in [-0.3, -0.25) is 9.59 Å². The Kier molecular flexibility index (Phi) is 5.42. The predicted molar refractivity (Wildman–Crippen MR) is 97.5 cm³/mol. The van der Waals surface area contributed by atoms with Gasteiger partial charge in [0.05, 0.1) is 12.1 Å². The van der Waals surface area contributed by atoms with E-state index < -0.39 is 17.9 Å². The van der Waals surface area contributed by atoms with Crippen LogP contribution in [0.5, 0.6) is 0 Å². The molecule has 1 atom stereocenters. The molecule has 3 rings (SSSR count). The number of carboxylic acids is 1. The maximum absolute atomic E-state index is 12.4. The van der Waals surface area contributed by atoms with Crippen molar-refractivity contribution in [2.45, 2.75) is 31.8 Å². The lowest BCUT2D eigenvalue weighted by atomic mass is 10.1. The minimum absolute atomic E-state index is 0.226. The highest BCUT2D eigenvalue weighted by molar-refractivity contribution is 6.31. The van der Waals surface area contributed by atoms with Gasteiger partial charge in [0.15, 0.2) is 0 Å². The standard InChI is InChI=1S/C19H19ClN2O4/c20-15-4-2-1-3-13(15)10-22-11-14(7-8-17(22)23)18(24)21-16(19(25)26)9-12-5-6-12/h1-4,7-8,11-12,16H,5-6,9-10H2,(H,21,24)(H,25,26). The molecule has 0 bridgehead atoms. The van der Waals surface area contributed by atoms with Crippen LogP contribution in [0.25, 0.3) is 0 Å². The van der Waals surface area contributed by atoms with Gasteiger partial charge >= 0.3 is 5.97 Å². The first-order chi connectivity index (χ1) is 12.4. The molecule has 1 aromatic carbocycles. The van der Waals surface area contributed by atoms with Crippen molar-refractivity contribution in [1.82, 2.24) is 9.88 Å². The number of halogens is 1. The van der Waals surface area contributed by atoms with Gasteiger partial charge in [0.2, 0.25) is 0 Å². The van der Waals surface area contributed by atoms with Crippen LogP contribution in [-0.4, -0.2) is 27.6 Å². The fourth-order valence-electron chi connectivity index (χ4n) is 2.75. The number of aliphatic carboxylic acids is 1. The van der Waals surface area contributed by atoms with Crippen molar-refractivity contribution in [3.05, 3.63) is 69.1 Å². The molecule has 1 aliphatic rings. The van der Waals surface area contributed by atoms with E-state index in [0.29, 0.717) is 17.4 Å². The minimum atomic E-state index is -1.05. The predicted octanol–water partition coefficient (Wildman–Crippen LogP) is 2.53. The second kappa shape index (κ2) is 7.74. The average molecular weight is 375 g/mol. The Balaban J connectivity index is 1.77. The number of benzene rings is 1. The van der Waals surface area contributed by atoms with E-state index in [2.05, 4.69) is 5.32 Å². The van der Waals surface area contributed by atoms with Crippen molar-refractivity contribution in [2.75, 3.05) is 0 Å². The molecular formula is C19H19ClN2O4. The molecule has 0 spiro atoms. The van der Waals surface area contributed by atoms with Crippen LogP contribution >= 0.6 is 11.6 Å². The summed E-state index contributed by atoms with van der Waals surface area (Å²) in [6.07, 6.45) is 3.86. The molecule has 1 fully saturated rings. The summed E-state index contributed by atoms with van der Waals surface area (Å²) < 4.78 is 1.38. The number of carbonyl (C=O) groups is 2. The highest BCUT2D eigenvalue weighted by Gasteiger charge is 2.30. The average Bonchev–Trinajstić information content (AvgIpc) is 3.42. The lowest BCUT2D eigenvalue weighted by molar-refractivity contribution is -0.139. The highest BCUT2D eigenvalue weighted by Crippen LogP contribution is 2.33. The summed E-state index contributed by atoms with van der Waals surface area (Å²) in [7, 11) is 0. The quantitative estimate of drug-likeness (QED) is 0.779. The number of nitrogens with one attached hydrogen (secondary N) is 1. The van der Waals surface area contributed by atoms with Gasteiger partial charge in [0, 0.05) is 17.3 Å². The van der Waals surface area contributed by atoms with Gasteiger partial charge in [-0.25, -0.2) is 4.79 Å². The lowest BCUT2D eigenvalue weighted by Gasteiger charge is -2.15. The molecule has 1 heterocycles. The lowest BCUT2D eigenvalue weighted by Crippen LogP contribution is -2.41. The maximum Gasteiger partial charge on any atom is 0.326 e. The smallest absolute Gasteiger partial charge is 0.326 e. The van der Waals surface area contributed by atoms with Gasteiger partial charge in [0.1, 0.15) is 6.04 Å². The van der Waals surface area contributed by atoms with Gasteiger partial charge in [0.25, 0.3) is 11.5 Å². The van der Waals surface area contributed by atoms with E-state index in [1.807, 2.05) is 6.07 Å². The monoisotopic (exact) mass is 374 g/mol. The van der Waals surface area contributed by atoms with Crippen LogP contribution in [0.2, 0.25) is 5.02 Å². The van der Waals surface area contributed by atoms with Gasteiger partial charge in [-0.15, -0.1) is 0 Å². The Labute approximate surface area is 155 Å². The first-order valence-electron chi connectivity index (χ1n) is 8.41. The van der Waals surface area contributed by atoms with Crippen molar-refractivity contribution < 1.29 is 14.7 Å². The van der Waals surface area contributed by atoms with E-state index in [9.17, 15) is 19.5 Å². The Hall–Kier alpha value is -2.60. The third-order valence-corrected chi connectivity index (χ3v) is 4.78. The van der Waals surface area contributed by atoms with Gasteiger partial charge < -0.3 is 15.0 Å². The summed E-state index contributed by atoms with van der Waals surface area (Å²) in [5.41, 5.74) is 0.721. The van der Waals surface area contributed by atoms with Crippen LogP contribution in [0, 0.1) is 5.92 Å². The zero-order valence-corrected chi connectivity index (χ0v) is 14.8. The molecule has 2 N–H and O–H groups in total. The Morgan fingerprint density at radius 2 is 1.96 bits per heavy atom. The van der Waals surface area contributed by atoms with Crippen LogP contribution in [-0.2, 0) is 11.3 Å². The Morgan fingerprint density at radius 1 is 1.23 bits per heavy atom. The molecular weight excluding hydrogens is 356 g/mol. The first-order valence-corrected chi connectivity index (χ1v) is 8.79. The fraction of sp³-hybridized carbons (Fsp3) is 0.316. The molecule has 0 aliphatic heterocycles. The number of hydrogen-bond donors (Lipinski definition) is 2.